The lowest BCUT2D eigenvalue weighted by atomic mass is 10.1. The Labute approximate surface area is 105 Å². The molecule has 18 heavy (non-hydrogen) atoms. The molecule has 0 aromatic carbocycles. The molecule has 0 saturated carbocycles. The van der Waals surface area contributed by atoms with E-state index in [4.69, 9.17) is 0 Å². The molecule has 0 amide bonds. The highest BCUT2D eigenvalue weighted by molar-refractivity contribution is 5.99. The molecule has 2 aromatic heterocycles. The quantitative estimate of drug-likeness (QED) is 0.643. The number of nitrogens with zero attached hydrogens (tertiary/aromatic N) is 1. The third-order valence-corrected chi connectivity index (χ3v) is 3.01. The van der Waals surface area contributed by atoms with Crippen LogP contribution in [0.1, 0.15) is 44.9 Å². The van der Waals surface area contributed by atoms with Crippen LogP contribution in [-0.2, 0) is 0 Å². The third kappa shape index (κ3) is 1.77. The highest BCUT2D eigenvalue weighted by Crippen LogP contribution is 2.27. The van der Waals surface area contributed by atoms with Crippen molar-refractivity contribution in [2.75, 3.05) is 0 Å². The Morgan fingerprint density at radius 1 is 1.22 bits per heavy atom. The van der Waals surface area contributed by atoms with Gasteiger partial charge in [0.25, 0.3) is 0 Å². The highest BCUT2D eigenvalue weighted by atomic mass is 16.1. The fraction of sp³-hybridized carbons (Fsp3) is 0.308. The number of ketones is 1. The molecular formula is C13H15N3O2. The Bertz CT molecular complexity index is 635. The number of aromatic nitrogens is 3. The standard InChI is InChI=1S/C13H15N3O2/c1-6-10(5-17)13(16-11(6)8(3)18)12-7(2)14-9(4)15-12/h5,16H,1-4H3,(H,14,15). The van der Waals surface area contributed by atoms with E-state index in [1.807, 2.05) is 13.8 Å². The van der Waals surface area contributed by atoms with Crippen molar-refractivity contribution in [3.05, 3.63) is 28.3 Å². The molecule has 0 aliphatic carbocycles. The summed E-state index contributed by atoms with van der Waals surface area (Å²) in [6.07, 6.45) is 0.761. The van der Waals surface area contributed by atoms with Crippen LogP contribution >= 0.6 is 0 Å². The molecule has 94 valence electrons. The van der Waals surface area contributed by atoms with Gasteiger partial charge in [-0.05, 0) is 26.3 Å². The number of rotatable bonds is 3. The van der Waals surface area contributed by atoms with Gasteiger partial charge in [-0.1, -0.05) is 0 Å². The average Bonchev–Trinajstić information content (AvgIpc) is 2.78. The molecular weight excluding hydrogens is 230 g/mol. The topological polar surface area (TPSA) is 78.6 Å². The normalized spacial score (nSPS) is 10.7. The van der Waals surface area contributed by atoms with E-state index in [1.54, 1.807) is 6.92 Å². The molecule has 2 aromatic rings. The summed E-state index contributed by atoms with van der Waals surface area (Å²) in [7, 11) is 0. The lowest BCUT2D eigenvalue weighted by molar-refractivity contribution is 0.101. The minimum atomic E-state index is -0.0910. The molecule has 0 saturated heterocycles. The van der Waals surface area contributed by atoms with E-state index in [-0.39, 0.29) is 5.78 Å². The number of aryl methyl sites for hydroxylation is 2. The molecule has 0 spiro atoms. The highest BCUT2D eigenvalue weighted by Gasteiger charge is 2.20. The SMILES string of the molecule is CC(=O)c1[nH]c(-c2nc(C)[nH]c2C)c(C=O)c1C. The van der Waals surface area contributed by atoms with E-state index in [9.17, 15) is 9.59 Å². The van der Waals surface area contributed by atoms with Crippen LogP contribution in [0.3, 0.4) is 0 Å². The number of carbonyl (C=O) groups is 2. The molecule has 2 heterocycles. The number of hydrogen-bond acceptors (Lipinski definition) is 3. The fourth-order valence-electron chi connectivity index (χ4n) is 2.15. The lowest BCUT2D eigenvalue weighted by Gasteiger charge is -1.96. The van der Waals surface area contributed by atoms with Crippen LogP contribution in [0, 0.1) is 20.8 Å². The Hall–Kier alpha value is -2.17. The van der Waals surface area contributed by atoms with Gasteiger partial charge in [0.05, 0.1) is 11.4 Å². The van der Waals surface area contributed by atoms with Crippen LogP contribution in [0.2, 0.25) is 0 Å². The molecule has 5 nitrogen and oxygen atoms in total. The van der Waals surface area contributed by atoms with Gasteiger partial charge in [0.2, 0.25) is 0 Å². The first-order valence-electron chi connectivity index (χ1n) is 5.68. The number of Topliss-reactive ketones (excluding diaryl/α,β-unsaturated/α-hetero) is 1. The number of nitrogens with one attached hydrogen (secondary N) is 2. The van der Waals surface area contributed by atoms with Gasteiger partial charge in [0.1, 0.15) is 11.5 Å². The summed E-state index contributed by atoms with van der Waals surface area (Å²) in [5, 5.41) is 0. The van der Waals surface area contributed by atoms with Crippen LogP contribution in [0.25, 0.3) is 11.4 Å². The molecule has 0 atom stereocenters. The summed E-state index contributed by atoms with van der Waals surface area (Å²) in [6, 6.07) is 0. The molecule has 2 rings (SSSR count). The number of carbonyl (C=O) groups excluding carboxylic acids is 2. The smallest absolute Gasteiger partial charge is 0.176 e. The van der Waals surface area contributed by atoms with Crippen LogP contribution in [0.15, 0.2) is 0 Å². The summed E-state index contributed by atoms with van der Waals surface area (Å²) < 4.78 is 0. The monoisotopic (exact) mass is 245 g/mol. The molecule has 5 heteroatoms. The number of hydrogen-bond donors (Lipinski definition) is 2. The van der Waals surface area contributed by atoms with Gasteiger partial charge >= 0.3 is 0 Å². The van der Waals surface area contributed by atoms with Crippen LogP contribution < -0.4 is 0 Å². The predicted molar refractivity (Wildman–Crippen MR) is 68.0 cm³/mol. The summed E-state index contributed by atoms with van der Waals surface area (Å²) >= 11 is 0. The summed E-state index contributed by atoms with van der Waals surface area (Å²) in [6.45, 7) is 6.96. The molecule has 0 fully saturated rings. The Morgan fingerprint density at radius 2 is 1.89 bits per heavy atom. The van der Waals surface area contributed by atoms with Crippen molar-refractivity contribution >= 4 is 12.1 Å². The first-order valence-corrected chi connectivity index (χ1v) is 5.68. The molecule has 0 aliphatic heterocycles. The van der Waals surface area contributed by atoms with E-state index in [1.165, 1.54) is 6.92 Å². The zero-order valence-electron chi connectivity index (χ0n) is 10.8. The Morgan fingerprint density at radius 3 is 2.33 bits per heavy atom. The summed E-state index contributed by atoms with van der Waals surface area (Å²) in [4.78, 5) is 33.1. The molecule has 2 N–H and O–H groups in total. The minimum absolute atomic E-state index is 0.0910. The first kappa shape index (κ1) is 12.3. The molecule has 0 radical (unpaired) electrons. The van der Waals surface area contributed by atoms with Crippen molar-refractivity contribution in [3.8, 4) is 11.4 Å². The first-order chi connectivity index (χ1) is 8.45. The van der Waals surface area contributed by atoms with Gasteiger partial charge in [-0.15, -0.1) is 0 Å². The van der Waals surface area contributed by atoms with Crippen LogP contribution in [0.5, 0.6) is 0 Å². The lowest BCUT2D eigenvalue weighted by Crippen LogP contribution is -1.94. The molecule has 0 unspecified atom stereocenters. The number of aromatic amines is 2. The summed E-state index contributed by atoms with van der Waals surface area (Å²) in [5.74, 6) is 0.683. The van der Waals surface area contributed by atoms with Gasteiger partial charge < -0.3 is 9.97 Å². The van der Waals surface area contributed by atoms with Gasteiger partial charge in [-0.25, -0.2) is 4.98 Å². The second-order valence-corrected chi connectivity index (χ2v) is 4.38. The van der Waals surface area contributed by atoms with Crippen LogP contribution in [0.4, 0.5) is 0 Å². The average molecular weight is 245 g/mol. The van der Waals surface area contributed by atoms with Crippen LogP contribution in [-0.4, -0.2) is 27.0 Å². The fourth-order valence-corrected chi connectivity index (χ4v) is 2.15. The van der Waals surface area contributed by atoms with Crippen molar-refractivity contribution < 1.29 is 9.59 Å². The number of H-pyrrole nitrogens is 2. The second kappa shape index (κ2) is 4.25. The maximum atomic E-state index is 11.5. The molecule has 0 aliphatic rings. The minimum Gasteiger partial charge on any atom is -0.350 e. The van der Waals surface area contributed by atoms with E-state index in [0.717, 1.165) is 17.8 Å². The van der Waals surface area contributed by atoms with Crippen molar-refractivity contribution in [2.45, 2.75) is 27.7 Å². The maximum absolute atomic E-state index is 11.5. The van der Waals surface area contributed by atoms with Gasteiger partial charge in [-0.3, -0.25) is 9.59 Å². The Kier molecular flexibility index (Phi) is 2.90. The van der Waals surface area contributed by atoms with Crippen molar-refractivity contribution in [1.82, 2.24) is 15.0 Å². The van der Waals surface area contributed by atoms with E-state index >= 15 is 0 Å². The maximum Gasteiger partial charge on any atom is 0.176 e. The second-order valence-electron chi connectivity index (χ2n) is 4.38. The number of imidazole rings is 1. The zero-order valence-corrected chi connectivity index (χ0v) is 10.8. The third-order valence-electron chi connectivity index (χ3n) is 3.01. The zero-order chi connectivity index (χ0) is 13.4. The van der Waals surface area contributed by atoms with Crippen molar-refractivity contribution in [2.24, 2.45) is 0 Å². The number of aldehydes is 1. The molecule has 0 bridgehead atoms. The largest absolute Gasteiger partial charge is 0.350 e. The van der Waals surface area contributed by atoms with E-state index in [0.29, 0.717) is 28.2 Å². The summed E-state index contributed by atoms with van der Waals surface area (Å²) in [5.41, 5.74) is 3.79. The van der Waals surface area contributed by atoms with E-state index in [2.05, 4.69) is 15.0 Å². The Balaban J connectivity index is 2.71. The van der Waals surface area contributed by atoms with Gasteiger partial charge in [0.15, 0.2) is 12.1 Å². The van der Waals surface area contributed by atoms with Gasteiger partial charge in [0, 0.05) is 18.2 Å². The van der Waals surface area contributed by atoms with Gasteiger partial charge in [-0.2, -0.15) is 0 Å². The van der Waals surface area contributed by atoms with E-state index < -0.39 is 0 Å². The van der Waals surface area contributed by atoms with Crippen molar-refractivity contribution in [3.63, 3.8) is 0 Å². The van der Waals surface area contributed by atoms with Crippen molar-refractivity contribution in [1.29, 1.82) is 0 Å². The predicted octanol–water partition coefficient (Wildman–Crippen LogP) is 2.35.